The number of anilines is 1. The van der Waals surface area contributed by atoms with Crippen molar-refractivity contribution < 1.29 is 14.3 Å². The standard InChI is InChI=1S/C21H26N2O3/c1-16(26-19-9-5-8-18(15-19)25-2)21(24)22-12-6-13-23-14-11-17-7-3-4-10-20(17)23/h3-5,7-10,15-16H,6,11-14H2,1-2H3,(H,22,24)/t16-/m0/s1. The van der Waals surface area contributed by atoms with Crippen LogP contribution in [0.4, 0.5) is 5.69 Å². The minimum atomic E-state index is -0.547. The molecule has 2 aromatic rings. The van der Waals surface area contributed by atoms with E-state index < -0.39 is 6.10 Å². The van der Waals surface area contributed by atoms with Gasteiger partial charge in [-0.15, -0.1) is 0 Å². The van der Waals surface area contributed by atoms with Crippen molar-refractivity contribution in [2.75, 3.05) is 31.6 Å². The summed E-state index contributed by atoms with van der Waals surface area (Å²) in [4.78, 5) is 14.6. The van der Waals surface area contributed by atoms with Crippen LogP contribution >= 0.6 is 0 Å². The quantitative estimate of drug-likeness (QED) is 0.741. The van der Waals surface area contributed by atoms with Crippen molar-refractivity contribution in [3.05, 3.63) is 54.1 Å². The zero-order valence-corrected chi connectivity index (χ0v) is 15.4. The van der Waals surface area contributed by atoms with E-state index in [1.165, 1.54) is 11.3 Å². The molecule has 1 amide bonds. The highest BCUT2D eigenvalue weighted by atomic mass is 16.5. The summed E-state index contributed by atoms with van der Waals surface area (Å²) in [5.41, 5.74) is 2.74. The van der Waals surface area contributed by atoms with Crippen molar-refractivity contribution in [2.45, 2.75) is 25.9 Å². The number of methoxy groups -OCH3 is 1. The first-order valence-electron chi connectivity index (χ1n) is 9.08. The number of fused-ring (bicyclic) bond motifs is 1. The molecule has 0 unspecified atom stereocenters. The van der Waals surface area contributed by atoms with E-state index in [1.807, 2.05) is 18.2 Å². The van der Waals surface area contributed by atoms with Gasteiger partial charge >= 0.3 is 0 Å². The zero-order valence-electron chi connectivity index (χ0n) is 15.4. The van der Waals surface area contributed by atoms with Crippen LogP contribution in [-0.4, -0.2) is 38.8 Å². The third kappa shape index (κ3) is 4.48. The molecular weight excluding hydrogens is 328 g/mol. The van der Waals surface area contributed by atoms with Crippen molar-refractivity contribution in [3.8, 4) is 11.5 Å². The van der Waals surface area contributed by atoms with Gasteiger partial charge in [-0.05, 0) is 43.5 Å². The van der Waals surface area contributed by atoms with Crippen molar-refractivity contribution in [1.29, 1.82) is 0 Å². The number of amides is 1. The first-order valence-corrected chi connectivity index (χ1v) is 9.08. The summed E-state index contributed by atoms with van der Waals surface area (Å²) in [6.07, 6.45) is 1.47. The highest BCUT2D eigenvalue weighted by Gasteiger charge is 2.18. The SMILES string of the molecule is COc1cccc(O[C@@H](C)C(=O)NCCCN2CCc3ccccc32)c1. The Balaban J connectivity index is 1.40. The van der Waals surface area contributed by atoms with Crippen LogP contribution in [0, 0.1) is 0 Å². The highest BCUT2D eigenvalue weighted by molar-refractivity contribution is 5.80. The molecule has 0 saturated heterocycles. The van der Waals surface area contributed by atoms with Gasteiger partial charge in [0.1, 0.15) is 11.5 Å². The summed E-state index contributed by atoms with van der Waals surface area (Å²) >= 11 is 0. The lowest BCUT2D eigenvalue weighted by atomic mass is 10.2. The van der Waals surface area contributed by atoms with Gasteiger partial charge in [0.25, 0.3) is 5.91 Å². The second kappa shape index (κ2) is 8.61. The summed E-state index contributed by atoms with van der Waals surface area (Å²) in [7, 11) is 1.61. The Morgan fingerprint density at radius 3 is 2.85 bits per heavy atom. The molecule has 1 heterocycles. The molecule has 5 nitrogen and oxygen atoms in total. The molecule has 0 fully saturated rings. The van der Waals surface area contributed by atoms with Crippen LogP contribution in [0.5, 0.6) is 11.5 Å². The number of nitrogens with one attached hydrogen (secondary N) is 1. The van der Waals surface area contributed by atoms with Crippen LogP contribution in [0.25, 0.3) is 0 Å². The number of para-hydroxylation sites is 1. The molecule has 3 rings (SSSR count). The van der Waals surface area contributed by atoms with Crippen LogP contribution < -0.4 is 19.7 Å². The number of rotatable bonds is 8. The molecule has 0 aromatic heterocycles. The second-order valence-electron chi connectivity index (χ2n) is 6.45. The van der Waals surface area contributed by atoms with Crippen LogP contribution in [0.1, 0.15) is 18.9 Å². The lowest BCUT2D eigenvalue weighted by Gasteiger charge is -2.20. The van der Waals surface area contributed by atoms with E-state index in [-0.39, 0.29) is 5.91 Å². The number of carbonyl (C=O) groups excluding carboxylic acids is 1. The van der Waals surface area contributed by atoms with Gasteiger partial charge in [-0.1, -0.05) is 24.3 Å². The predicted molar refractivity (Wildman–Crippen MR) is 103 cm³/mol. The van der Waals surface area contributed by atoms with Gasteiger partial charge in [-0.3, -0.25) is 4.79 Å². The molecule has 0 aliphatic carbocycles. The van der Waals surface area contributed by atoms with Crippen LogP contribution in [0.3, 0.4) is 0 Å². The molecule has 2 aromatic carbocycles. The average Bonchev–Trinajstić information content (AvgIpc) is 3.08. The molecule has 0 radical (unpaired) electrons. The van der Waals surface area contributed by atoms with Crippen LogP contribution in [0.15, 0.2) is 48.5 Å². The first-order chi connectivity index (χ1) is 12.7. The Hall–Kier alpha value is -2.69. The van der Waals surface area contributed by atoms with E-state index in [9.17, 15) is 4.79 Å². The van der Waals surface area contributed by atoms with E-state index >= 15 is 0 Å². The summed E-state index contributed by atoms with van der Waals surface area (Å²) in [6, 6.07) is 15.8. The Labute approximate surface area is 154 Å². The fourth-order valence-electron chi connectivity index (χ4n) is 3.20. The second-order valence-corrected chi connectivity index (χ2v) is 6.45. The van der Waals surface area contributed by atoms with E-state index in [0.717, 1.165) is 25.9 Å². The molecule has 0 bridgehead atoms. The van der Waals surface area contributed by atoms with E-state index in [0.29, 0.717) is 18.0 Å². The smallest absolute Gasteiger partial charge is 0.260 e. The monoisotopic (exact) mass is 354 g/mol. The fourth-order valence-corrected chi connectivity index (χ4v) is 3.20. The maximum atomic E-state index is 12.2. The number of carbonyl (C=O) groups is 1. The van der Waals surface area contributed by atoms with Gasteiger partial charge in [0.2, 0.25) is 0 Å². The van der Waals surface area contributed by atoms with Crippen molar-refractivity contribution in [1.82, 2.24) is 5.32 Å². The van der Waals surface area contributed by atoms with Crippen molar-refractivity contribution >= 4 is 11.6 Å². The molecule has 1 N–H and O–H groups in total. The lowest BCUT2D eigenvalue weighted by Crippen LogP contribution is -2.37. The third-order valence-electron chi connectivity index (χ3n) is 4.61. The molecule has 0 saturated carbocycles. The van der Waals surface area contributed by atoms with Gasteiger partial charge in [0.05, 0.1) is 7.11 Å². The number of ether oxygens (including phenoxy) is 2. The number of nitrogens with zero attached hydrogens (tertiary/aromatic N) is 1. The molecular formula is C21H26N2O3. The molecule has 1 atom stereocenters. The molecule has 0 spiro atoms. The summed E-state index contributed by atoms with van der Waals surface area (Å²) < 4.78 is 10.9. The molecule has 138 valence electrons. The highest BCUT2D eigenvalue weighted by Crippen LogP contribution is 2.27. The normalized spacial score (nSPS) is 13.8. The predicted octanol–water partition coefficient (Wildman–Crippen LogP) is 3.03. The third-order valence-corrected chi connectivity index (χ3v) is 4.61. The van der Waals surface area contributed by atoms with E-state index in [4.69, 9.17) is 9.47 Å². The van der Waals surface area contributed by atoms with Crippen molar-refractivity contribution in [2.24, 2.45) is 0 Å². The summed E-state index contributed by atoms with van der Waals surface area (Å²) in [6.45, 7) is 4.40. The van der Waals surface area contributed by atoms with Gasteiger partial charge in [0, 0.05) is 31.4 Å². The molecule has 1 aliphatic heterocycles. The van der Waals surface area contributed by atoms with E-state index in [2.05, 4.69) is 34.5 Å². The Morgan fingerprint density at radius 1 is 1.19 bits per heavy atom. The fraction of sp³-hybridized carbons (Fsp3) is 0.381. The van der Waals surface area contributed by atoms with E-state index in [1.54, 1.807) is 20.1 Å². The molecule has 26 heavy (non-hydrogen) atoms. The number of hydrogen-bond acceptors (Lipinski definition) is 4. The Kier molecular flexibility index (Phi) is 6.00. The number of benzene rings is 2. The topological polar surface area (TPSA) is 50.8 Å². The minimum absolute atomic E-state index is 0.102. The zero-order chi connectivity index (χ0) is 18.4. The Morgan fingerprint density at radius 2 is 2.00 bits per heavy atom. The maximum Gasteiger partial charge on any atom is 0.260 e. The molecule has 5 heteroatoms. The first kappa shape index (κ1) is 18.1. The number of hydrogen-bond donors (Lipinski definition) is 1. The van der Waals surface area contributed by atoms with Gasteiger partial charge in [-0.2, -0.15) is 0 Å². The lowest BCUT2D eigenvalue weighted by molar-refractivity contribution is -0.127. The van der Waals surface area contributed by atoms with Crippen molar-refractivity contribution in [3.63, 3.8) is 0 Å². The van der Waals surface area contributed by atoms with Gasteiger partial charge < -0.3 is 19.7 Å². The summed E-state index contributed by atoms with van der Waals surface area (Å²) in [5.74, 6) is 1.23. The summed E-state index contributed by atoms with van der Waals surface area (Å²) in [5, 5.41) is 2.96. The Bertz CT molecular complexity index is 748. The largest absolute Gasteiger partial charge is 0.497 e. The maximum absolute atomic E-state index is 12.2. The molecule has 1 aliphatic rings. The average molecular weight is 354 g/mol. The van der Waals surface area contributed by atoms with Gasteiger partial charge in [0.15, 0.2) is 6.10 Å². The van der Waals surface area contributed by atoms with Gasteiger partial charge in [-0.25, -0.2) is 0 Å². The van der Waals surface area contributed by atoms with Crippen LogP contribution in [0.2, 0.25) is 0 Å². The minimum Gasteiger partial charge on any atom is -0.497 e. The van der Waals surface area contributed by atoms with Crippen LogP contribution in [-0.2, 0) is 11.2 Å².